The molecule has 4 rings (SSSR count). The third kappa shape index (κ3) is 9.72. The van der Waals surface area contributed by atoms with Crippen LogP contribution in [0.15, 0.2) is 36.4 Å². The summed E-state index contributed by atoms with van der Waals surface area (Å²) in [6.45, 7) is 10.2. The van der Waals surface area contributed by atoms with Crippen molar-refractivity contribution in [3.63, 3.8) is 0 Å². The number of nitrogens with zero attached hydrogens (tertiary/aromatic N) is 1. The zero-order chi connectivity index (χ0) is 32.1. The van der Waals surface area contributed by atoms with Gasteiger partial charge >= 0.3 is 12.2 Å². The van der Waals surface area contributed by atoms with E-state index >= 15 is 0 Å². The zero-order valence-electron chi connectivity index (χ0n) is 25.0. The zero-order valence-corrected chi connectivity index (χ0v) is 25.0. The molecule has 2 atom stereocenters. The lowest BCUT2D eigenvalue weighted by Crippen LogP contribution is -2.50. The number of anilines is 2. The molecule has 234 valence electrons. The number of hydrogen-bond donors (Lipinski definition) is 3. The predicted molar refractivity (Wildman–Crippen MR) is 152 cm³/mol. The molecule has 2 aliphatic rings. The average Bonchev–Trinajstić information content (AvgIpc) is 3.08. The summed E-state index contributed by atoms with van der Waals surface area (Å²) in [7, 11) is 1.50. The maximum Gasteiger partial charge on any atom is 0.408 e. The number of benzene rings is 2. The van der Waals surface area contributed by atoms with Crippen LogP contribution in [0.5, 0.6) is 11.5 Å². The van der Waals surface area contributed by atoms with Crippen molar-refractivity contribution in [2.45, 2.75) is 64.8 Å². The largest absolute Gasteiger partial charge is 0.489 e. The quantitative estimate of drug-likeness (QED) is 0.463. The van der Waals surface area contributed by atoms with E-state index in [4.69, 9.17) is 18.9 Å². The van der Waals surface area contributed by atoms with Crippen LogP contribution in [-0.2, 0) is 19.1 Å². The summed E-state index contributed by atoms with van der Waals surface area (Å²) in [6, 6.07) is 5.88. The first-order valence-electron chi connectivity index (χ1n) is 13.3. The van der Waals surface area contributed by atoms with Gasteiger partial charge in [0, 0.05) is 19.2 Å². The first-order valence-corrected chi connectivity index (χ1v) is 13.3. The van der Waals surface area contributed by atoms with Crippen LogP contribution in [0.25, 0.3) is 0 Å². The fraction of sp³-hybridized carbons (Fsp3) is 0.448. The summed E-state index contributed by atoms with van der Waals surface area (Å²) in [4.78, 5) is 49.1. The standard InChI is InChI=1S/C15H19FN2O4.C14H17FN2O4/c1-15(2,3)22-14(20)17-10-8-21-12-6-5-9(16)7-11(12)18(4)13(10)19;1-14(2,3)21-13(19)17-10-7-20-11-5-4-8(15)6-9(11)16-12(10)18/h5-7,10H,8H2,1-4H3,(H,17,20);4-6,10H,7H2,1-3H3,(H,16,18)(H,17,19)/t2*10-/m00/s1. The minimum absolute atomic E-state index is 0.0545. The second kappa shape index (κ2) is 13.1. The van der Waals surface area contributed by atoms with Gasteiger partial charge in [0.15, 0.2) is 0 Å². The van der Waals surface area contributed by atoms with Gasteiger partial charge in [0.2, 0.25) is 0 Å². The van der Waals surface area contributed by atoms with Crippen LogP contribution in [0.3, 0.4) is 0 Å². The number of alkyl carbamates (subject to hydrolysis) is 2. The van der Waals surface area contributed by atoms with Gasteiger partial charge in [-0.2, -0.15) is 0 Å². The number of halogens is 2. The monoisotopic (exact) mass is 606 g/mol. The highest BCUT2D eigenvalue weighted by Crippen LogP contribution is 2.31. The fourth-order valence-electron chi connectivity index (χ4n) is 3.78. The van der Waals surface area contributed by atoms with Gasteiger partial charge in [-0.3, -0.25) is 9.59 Å². The number of amides is 4. The topological polar surface area (TPSA) is 145 Å². The molecule has 0 bridgehead atoms. The normalized spacial score (nSPS) is 18.0. The Labute approximate surface area is 248 Å². The molecule has 0 spiro atoms. The first-order chi connectivity index (χ1) is 19.9. The predicted octanol–water partition coefficient (Wildman–Crippen LogP) is 4.12. The maximum atomic E-state index is 13.3. The minimum atomic E-state index is -0.921. The molecular formula is C29H36F2N4O8. The van der Waals surface area contributed by atoms with Gasteiger partial charge in [-0.25, -0.2) is 18.4 Å². The van der Waals surface area contributed by atoms with Crippen LogP contribution in [0.4, 0.5) is 29.7 Å². The number of carbonyl (C=O) groups excluding carboxylic acids is 4. The highest BCUT2D eigenvalue weighted by Gasteiger charge is 2.32. The van der Waals surface area contributed by atoms with Crippen LogP contribution >= 0.6 is 0 Å². The van der Waals surface area contributed by atoms with Crippen molar-refractivity contribution in [3.05, 3.63) is 48.0 Å². The second-order valence-electron chi connectivity index (χ2n) is 11.7. The number of carbonyl (C=O) groups is 4. The van der Waals surface area contributed by atoms with E-state index in [1.165, 1.54) is 42.3 Å². The smallest absolute Gasteiger partial charge is 0.408 e. The molecule has 0 aromatic heterocycles. The molecule has 0 saturated carbocycles. The molecule has 12 nitrogen and oxygen atoms in total. The number of ether oxygens (including phenoxy) is 4. The third-order valence-electron chi connectivity index (χ3n) is 5.62. The summed E-state index contributed by atoms with van der Waals surface area (Å²) in [6.07, 6.45) is -1.43. The van der Waals surface area contributed by atoms with E-state index in [0.717, 1.165) is 6.07 Å². The number of hydrogen-bond acceptors (Lipinski definition) is 8. The summed E-state index contributed by atoms with van der Waals surface area (Å²) in [5.41, 5.74) is -0.790. The van der Waals surface area contributed by atoms with Crippen molar-refractivity contribution in [1.29, 1.82) is 0 Å². The SMILES string of the molecule is CC(C)(C)OC(=O)N[C@H]1COc2ccc(F)cc2NC1=O.CN1C(=O)[C@@H](NC(=O)OC(C)(C)C)COc2ccc(F)cc21. The minimum Gasteiger partial charge on any atom is -0.489 e. The fourth-order valence-corrected chi connectivity index (χ4v) is 3.78. The molecule has 3 N–H and O–H groups in total. The van der Waals surface area contributed by atoms with E-state index in [2.05, 4.69) is 16.0 Å². The van der Waals surface area contributed by atoms with Crippen molar-refractivity contribution < 1.29 is 46.9 Å². The number of nitrogens with one attached hydrogen (secondary N) is 3. The van der Waals surface area contributed by atoms with Crippen molar-refractivity contribution in [3.8, 4) is 11.5 Å². The Kier molecular flexibility index (Phi) is 10.0. The van der Waals surface area contributed by atoms with Crippen LogP contribution in [0.2, 0.25) is 0 Å². The van der Waals surface area contributed by atoms with Gasteiger partial charge in [-0.05, 0) is 65.8 Å². The van der Waals surface area contributed by atoms with E-state index in [-0.39, 0.29) is 18.9 Å². The molecule has 2 aliphatic heterocycles. The Morgan fingerprint density at radius 1 is 0.837 bits per heavy atom. The van der Waals surface area contributed by atoms with E-state index in [1.54, 1.807) is 41.5 Å². The summed E-state index contributed by atoms with van der Waals surface area (Å²) in [5, 5.41) is 7.40. The Bertz CT molecular complexity index is 1370. The van der Waals surface area contributed by atoms with Crippen LogP contribution in [-0.4, -0.2) is 67.5 Å². The molecule has 0 aliphatic carbocycles. The van der Waals surface area contributed by atoms with E-state index < -0.39 is 58.9 Å². The number of rotatable bonds is 2. The second-order valence-corrected chi connectivity index (χ2v) is 11.7. The van der Waals surface area contributed by atoms with E-state index in [1.807, 2.05) is 0 Å². The third-order valence-corrected chi connectivity index (χ3v) is 5.62. The van der Waals surface area contributed by atoms with Gasteiger partial charge in [0.25, 0.3) is 11.8 Å². The Morgan fingerprint density at radius 2 is 1.33 bits per heavy atom. The average molecular weight is 607 g/mol. The van der Waals surface area contributed by atoms with E-state index in [9.17, 15) is 28.0 Å². The summed E-state index contributed by atoms with van der Waals surface area (Å²) >= 11 is 0. The molecular weight excluding hydrogens is 570 g/mol. The highest BCUT2D eigenvalue weighted by atomic mass is 19.1. The van der Waals surface area contributed by atoms with Gasteiger partial charge in [-0.1, -0.05) is 0 Å². The van der Waals surface area contributed by atoms with Crippen molar-refractivity contribution >= 4 is 35.4 Å². The summed E-state index contributed by atoms with van der Waals surface area (Å²) < 4.78 is 47.6. The van der Waals surface area contributed by atoms with E-state index in [0.29, 0.717) is 17.2 Å². The maximum absolute atomic E-state index is 13.3. The Hall–Kier alpha value is -4.62. The molecule has 43 heavy (non-hydrogen) atoms. The van der Waals surface area contributed by atoms with Gasteiger partial charge < -0.3 is 39.8 Å². The van der Waals surface area contributed by atoms with Crippen LogP contribution in [0.1, 0.15) is 41.5 Å². The Morgan fingerprint density at radius 3 is 1.91 bits per heavy atom. The molecule has 0 fully saturated rings. The van der Waals surface area contributed by atoms with Crippen LogP contribution in [0, 0.1) is 11.6 Å². The van der Waals surface area contributed by atoms with Crippen molar-refractivity contribution in [1.82, 2.24) is 10.6 Å². The number of likely N-dealkylation sites (N-methyl/N-ethyl adjacent to an activating group) is 1. The van der Waals surface area contributed by atoms with Crippen molar-refractivity contribution in [2.75, 3.05) is 30.5 Å². The lowest BCUT2D eigenvalue weighted by atomic mass is 10.2. The van der Waals surface area contributed by atoms with Crippen molar-refractivity contribution in [2.24, 2.45) is 0 Å². The molecule has 14 heteroatoms. The first kappa shape index (κ1) is 32.9. The molecule has 2 aromatic carbocycles. The molecule has 4 amide bonds. The lowest BCUT2D eigenvalue weighted by Gasteiger charge is -2.23. The highest BCUT2D eigenvalue weighted by molar-refractivity contribution is 6.00. The lowest BCUT2D eigenvalue weighted by molar-refractivity contribution is -0.120. The molecule has 2 aromatic rings. The van der Waals surface area contributed by atoms with Gasteiger partial charge in [0.05, 0.1) is 11.4 Å². The molecule has 2 heterocycles. The molecule has 0 radical (unpaired) electrons. The number of fused-ring (bicyclic) bond motifs is 2. The van der Waals surface area contributed by atoms with Gasteiger partial charge in [-0.15, -0.1) is 0 Å². The molecule has 0 saturated heterocycles. The molecule has 0 unspecified atom stereocenters. The summed E-state index contributed by atoms with van der Waals surface area (Å²) in [5.74, 6) is -1.14. The Balaban J connectivity index is 0.000000236. The van der Waals surface area contributed by atoms with Crippen LogP contribution < -0.4 is 30.3 Å². The van der Waals surface area contributed by atoms with Gasteiger partial charge in [0.1, 0.15) is 59.6 Å².